The quantitative estimate of drug-likeness (QED) is 0.539. The van der Waals surface area contributed by atoms with Gasteiger partial charge >= 0.3 is 0 Å². The maximum atomic E-state index is 13.0. The number of amides is 1. The minimum absolute atomic E-state index is 0.0907. The molecule has 2 N–H and O–H groups in total. The predicted molar refractivity (Wildman–Crippen MR) is 112 cm³/mol. The molecule has 150 valence electrons. The van der Waals surface area contributed by atoms with Crippen LogP contribution in [0.4, 0.5) is 15.8 Å². The Bertz CT molecular complexity index is 1130. The second-order valence-corrected chi connectivity index (χ2v) is 8.51. The fourth-order valence-electron chi connectivity index (χ4n) is 2.49. The summed E-state index contributed by atoms with van der Waals surface area (Å²) in [4.78, 5) is 12.3. The number of benzene rings is 3. The van der Waals surface area contributed by atoms with E-state index in [1.54, 1.807) is 24.3 Å². The minimum Gasteiger partial charge on any atom is -0.495 e. The molecule has 0 saturated carbocycles. The topological polar surface area (TPSA) is 84.5 Å². The highest BCUT2D eigenvalue weighted by Gasteiger charge is 2.22. The number of carbonyl (C=O) groups is 1. The Kier molecular flexibility index (Phi) is 6.19. The van der Waals surface area contributed by atoms with Crippen LogP contribution in [0.3, 0.4) is 0 Å². The molecule has 0 unspecified atom stereocenters. The van der Waals surface area contributed by atoms with Crippen molar-refractivity contribution in [2.45, 2.75) is 4.90 Å². The highest BCUT2D eigenvalue weighted by molar-refractivity contribution is 9.10. The molecule has 0 spiro atoms. The summed E-state index contributed by atoms with van der Waals surface area (Å²) in [6.07, 6.45) is 0. The van der Waals surface area contributed by atoms with E-state index < -0.39 is 21.7 Å². The molecule has 0 heterocycles. The molecule has 3 rings (SSSR count). The molecular formula is C20H16BrFN2O4S. The molecule has 0 atom stereocenters. The Hall–Kier alpha value is -2.91. The van der Waals surface area contributed by atoms with Gasteiger partial charge in [0.25, 0.3) is 15.9 Å². The van der Waals surface area contributed by atoms with Crippen LogP contribution in [-0.4, -0.2) is 21.4 Å². The first-order valence-electron chi connectivity index (χ1n) is 8.32. The molecule has 0 saturated heterocycles. The molecular weight excluding hydrogens is 463 g/mol. The number of hydrogen-bond acceptors (Lipinski definition) is 4. The van der Waals surface area contributed by atoms with Gasteiger partial charge in [-0.3, -0.25) is 9.52 Å². The summed E-state index contributed by atoms with van der Waals surface area (Å²) in [5.41, 5.74) is 0.840. The molecule has 1 amide bonds. The van der Waals surface area contributed by atoms with Gasteiger partial charge < -0.3 is 10.1 Å². The van der Waals surface area contributed by atoms with Crippen LogP contribution in [0.1, 0.15) is 10.4 Å². The largest absolute Gasteiger partial charge is 0.495 e. The van der Waals surface area contributed by atoms with Crippen LogP contribution in [0, 0.1) is 5.82 Å². The molecule has 0 bridgehead atoms. The van der Waals surface area contributed by atoms with Crippen LogP contribution in [0.5, 0.6) is 5.75 Å². The molecule has 29 heavy (non-hydrogen) atoms. The van der Waals surface area contributed by atoms with Gasteiger partial charge in [0.1, 0.15) is 16.5 Å². The van der Waals surface area contributed by atoms with Crippen molar-refractivity contribution < 1.29 is 22.3 Å². The molecule has 0 aliphatic carbocycles. The first kappa shape index (κ1) is 20.8. The fraction of sp³-hybridized carbons (Fsp3) is 0.0500. The third-order valence-corrected chi connectivity index (χ3v) is 5.85. The van der Waals surface area contributed by atoms with Crippen LogP contribution in [0.25, 0.3) is 0 Å². The summed E-state index contributed by atoms with van der Waals surface area (Å²) < 4.78 is 47.1. The van der Waals surface area contributed by atoms with Crippen LogP contribution >= 0.6 is 15.9 Å². The lowest BCUT2D eigenvalue weighted by molar-refractivity contribution is 0.102. The summed E-state index contributed by atoms with van der Waals surface area (Å²) in [5, 5.41) is 2.59. The number of anilines is 2. The van der Waals surface area contributed by atoms with Gasteiger partial charge in [0.05, 0.1) is 7.11 Å². The second kappa shape index (κ2) is 8.62. The third-order valence-electron chi connectivity index (χ3n) is 3.91. The van der Waals surface area contributed by atoms with Gasteiger partial charge in [0.2, 0.25) is 0 Å². The zero-order chi connectivity index (χ0) is 21.0. The fourth-order valence-corrected chi connectivity index (χ4v) is 4.01. The van der Waals surface area contributed by atoms with E-state index in [2.05, 4.69) is 26.0 Å². The number of carbonyl (C=O) groups excluding carboxylic acids is 1. The SMILES string of the molecule is COc1ccc(C(=O)Nc2ccc(F)cc2)cc1S(=O)(=O)Nc1ccc(Br)cc1. The predicted octanol–water partition coefficient (Wildman–Crippen LogP) is 4.65. The zero-order valence-corrected chi connectivity index (χ0v) is 17.6. The minimum atomic E-state index is -4.02. The average Bonchev–Trinajstić information content (AvgIpc) is 2.70. The van der Waals surface area contributed by atoms with Gasteiger partial charge in [-0.05, 0) is 66.7 Å². The van der Waals surface area contributed by atoms with E-state index in [9.17, 15) is 17.6 Å². The van der Waals surface area contributed by atoms with Crippen LogP contribution in [0.15, 0.2) is 76.1 Å². The number of hydrogen-bond donors (Lipinski definition) is 2. The first-order valence-corrected chi connectivity index (χ1v) is 10.6. The van der Waals surface area contributed by atoms with Crippen molar-refractivity contribution in [1.29, 1.82) is 0 Å². The van der Waals surface area contributed by atoms with E-state index in [-0.39, 0.29) is 16.2 Å². The Morgan fingerprint density at radius 1 is 0.966 bits per heavy atom. The monoisotopic (exact) mass is 478 g/mol. The summed E-state index contributed by atoms with van der Waals surface area (Å²) in [5.74, 6) is -0.882. The molecule has 3 aromatic rings. The van der Waals surface area contributed by atoms with E-state index in [1.807, 2.05) is 0 Å². The molecule has 9 heteroatoms. The van der Waals surface area contributed by atoms with Crippen LogP contribution < -0.4 is 14.8 Å². The van der Waals surface area contributed by atoms with Crippen molar-refractivity contribution in [1.82, 2.24) is 0 Å². The summed E-state index contributed by atoms with van der Waals surface area (Å²) in [7, 11) is -2.68. The van der Waals surface area contributed by atoms with Gasteiger partial charge in [-0.1, -0.05) is 15.9 Å². The highest BCUT2D eigenvalue weighted by atomic mass is 79.9. The second-order valence-electron chi connectivity index (χ2n) is 5.94. The Morgan fingerprint density at radius 3 is 2.21 bits per heavy atom. The van der Waals surface area contributed by atoms with E-state index in [4.69, 9.17) is 4.74 Å². The van der Waals surface area contributed by atoms with Crippen molar-refractivity contribution in [3.8, 4) is 5.75 Å². The van der Waals surface area contributed by atoms with Crippen molar-refractivity contribution in [2.75, 3.05) is 17.1 Å². The number of ether oxygens (including phenoxy) is 1. The summed E-state index contributed by atoms with van der Waals surface area (Å²) in [6.45, 7) is 0. The molecule has 0 fully saturated rings. The number of rotatable bonds is 6. The molecule has 0 aromatic heterocycles. The average molecular weight is 479 g/mol. The Labute approximate surface area is 175 Å². The summed E-state index contributed by atoms with van der Waals surface area (Å²) >= 11 is 3.29. The lowest BCUT2D eigenvalue weighted by atomic mass is 10.2. The molecule has 0 radical (unpaired) electrons. The number of halogens is 2. The van der Waals surface area contributed by atoms with Gasteiger partial charge in [0, 0.05) is 21.4 Å². The van der Waals surface area contributed by atoms with Crippen molar-refractivity contribution in [3.05, 3.63) is 82.6 Å². The maximum absolute atomic E-state index is 13.0. The van der Waals surface area contributed by atoms with Crippen LogP contribution in [-0.2, 0) is 10.0 Å². The molecule has 0 aliphatic rings. The van der Waals surface area contributed by atoms with Gasteiger partial charge in [0.15, 0.2) is 0 Å². The van der Waals surface area contributed by atoms with Gasteiger partial charge in [-0.2, -0.15) is 0 Å². The Balaban J connectivity index is 1.90. The summed E-state index contributed by atoms with van der Waals surface area (Å²) in [6, 6.07) is 15.9. The molecule has 0 aliphatic heterocycles. The third kappa shape index (κ3) is 5.12. The molecule has 3 aromatic carbocycles. The van der Waals surface area contributed by atoms with E-state index in [0.29, 0.717) is 11.4 Å². The van der Waals surface area contributed by atoms with E-state index in [0.717, 1.165) is 4.47 Å². The lowest BCUT2D eigenvalue weighted by Crippen LogP contribution is -2.17. The number of nitrogens with one attached hydrogen (secondary N) is 2. The molecule has 6 nitrogen and oxygen atoms in total. The zero-order valence-electron chi connectivity index (χ0n) is 15.1. The smallest absolute Gasteiger partial charge is 0.265 e. The normalized spacial score (nSPS) is 11.0. The van der Waals surface area contributed by atoms with E-state index in [1.165, 1.54) is 49.6 Å². The van der Waals surface area contributed by atoms with Crippen molar-refractivity contribution >= 4 is 43.2 Å². The maximum Gasteiger partial charge on any atom is 0.265 e. The van der Waals surface area contributed by atoms with Gasteiger partial charge in [-0.15, -0.1) is 0 Å². The van der Waals surface area contributed by atoms with Crippen molar-refractivity contribution in [3.63, 3.8) is 0 Å². The number of sulfonamides is 1. The first-order chi connectivity index (χ1) is 13.8. The standard InChI is InChI=1S/C20H16BrFN2O4S/c1-28-18-11-2-13(20(25)23-16-9-5-15(22)6-10-16)12-19(18)29(26,27)24-17-7-3-14(21)4-8-17/h2-12,24H,1H3,(H,23,25). The Morgan fingerprint density at radius 2 is 1.59 bits per heavy atom. The van der Waals surface area contributed by atoms with Crippen molar-refractivity contribution in [2.24, 2.45) is 0 Å². The highest BCUT2D eigenvalue weighted by Crippen LogP contribution is 2.28. The van der Waals surface area contributed by atoms with E-state index >= 15 is 0 Å². The number of methoxy groups -OCH3 is 1. The van der Waals surface area contributed by atoms with Gasteiger partial charge in [-0.25, -0.2) is 12.8 Å². The lowest BCUT2D eigenvalue weighted by Gasteiger charge is -2.13. The van der Waals surface area contributed by atoms with Crippen LogP contribution in [0.2, 0.25) is 0 Å².